The van der Waals surface area contributed by atoms with E-state index in [2.05, 4.69) is 5.38 Å². The maximum Gasteiger partial charge on any atom is 0.167 e. The minimum Gasteiger partial charge on any atom is -0.507 e. The van der Waals surface area contributed by atoms with Gasteiger partial charge in [-0.25, -0.2) is 0 Å². The summed E-state index contributed by atoms with van der Waals surface area (Å²) in [5, 5.41) is 13.7. The van der Waals surface area contributed by atoms with Crippen molar-refractivity contribution < 1.29 is 14.6 Å². The van der Waals surface area contributed by atoms with E-state index < -0.39 is 0 Å². The highest BCUT2D eigenvalue weighted by atomic mass is 32.1. The first-order valence-electron chi connectivity index (χ1n) is 5.65. The van der Waals surface area contributed by atoms with Crippen LogP contribution in [0.4, 0.5) is 0 Å². The number of thiophene rings is 1. The lowest BCUT2D eigenvalue weighted by Gasteiger charge is -2.10. The Labute approximate surface area is 110 Å². The van der Waals surface area contributed by atoms with Gasteiger partial charge in [0.05, 0.1) is 6.61 Å². The molecule has 0 saturated carbocycles. The fraction of sp³-hybridized carbons (Fsp3) is 0.214. The third kappa shape index (κ3) is 2.90. The van der Waals surface area contributed by atoms with Crippen LogP contribution in [0, 0.1) is 0 Å². The van der Waals surface area contributed by atoms with E-state index in [0.29, 0.717) is 12.4 Å². The Kier molecular flexibility index (Phi) is 3.99. The molecule has 0 aliphatic carbocycles. The van der Waals surface area contributed by atoms with Crippen molar-refractivity contribution in [2.45, 2.75) is 13.3 Å². The van der Waals surface area contributed by atoms with Gasteiger partial charge in [0.1, 0.15) is 17.1 Å². The first-order valence-corrected chi connectivity index (χ1v) is 6.59. The monoisotopic (exact) mass is 262 g/mol. The van der Waals surface area contributed by atoms with Crippen LogP contribution >= 0.6 is 11.3 Å². The summed E-state index contributed by atoms with van der Waals surface area (Å²) in [4.78, 5) is 11.4. The van der Waals surface area contributed by atoms with Gasteiger partial charge in [-0.05, 0) is 41.4 Å². The number of rotatable bonds is 5. The molecule has 1 aromatic carbocycles. The number of ketones is 1. The first kappa shape index (κ1) is 12.6. The molecule has 1 N–H and O–H groups in total. The SMILES string of the molecule is CC(=O)c1c(O)cccc1OCCc1ccsc1. The molecule has 0 aliphatic heterocycles. The van der Waals surface area contributed by atoms with Crippen molar-refractivity contribution in [2.75, 3.05) is 6.61 Å². The highest BCUT2D eigenvalue weighted by molar-refractivity contribution is 7.07. The molecule has 1 heterocycles. The van der Waals surface area contributed by atoms with Crippen LogP contribution in [0.2, 0.25) is 0 Å². The number of phenolic OH excluding ortho intramolecular Hbond substituents is 1. The minimum atomic E-state index is -0.196. The van der Waals surface area contributed by atoms with E-state index in [1.54, 1.807) is 23.5 Å². The first-order chi connectivity index (χ1) is 8.68. The van der Waals surface area contributed by atoms with Gasteiger partial charge in [-0.15, -0.1) is 0 Å². The fourth-order valence-corrected chi connectivity index (χ4v) is 2.41. The molecule has 0 aliphatic rings. The molecular formula is C14H14O3S. The molecule has 4 heteroatoms. The number of aromatic hydroxyl groups is 1. The average Bonchev–Trinajstić information content (AvgIpc) is 2.81. The van der Waals surface area contributed by atoms with E-state index in [1.165, 1.54) is 18.6 Å². The maximum atomic E-state index is 11.4. The van der Waals surface area contributed by atoms with Gasteiger partial charge in [0.2, 0.25) is 0 Å². The van der Waals surface area contributed by atoms with Crippen molar-refractivity contribution in [3.63, 3.8) is 0 Å². The van der Waals surface area contributed by atoms with Crippen LogP contribution in [0.3, 0.4) is 0 Å². The van der Waals surface area contributed by atoms with Crippen molar-refractivity contribution in [3.8, 4) is 11.5 Å². The van der Waals surface area contributed by atoms with E-state index in [0.717, 1.165) is 6.42 Å². The van der Waals surface area contributed by atoms with Gasteiger partial charge in [-0.2, -0.15) is 11.3 Å². The van der Waals surface area contributed by atoms with Crippen LogP contribution in [0.1, 0.15) is 22.8 Å². The maximum absolute atomic E-state index is 11.4. The molecule has 0 saturated heterocycles. The number of hydrogen-bond acceptors (Lipinski definition) is 4. The van der Waals surface area contributed by atoms with E-state index in [4.69, 9.17) is 4.74 Å². The van der Waals surface area contributed by atoms with E-state index >= 15 is 0 Å². The zero-order valence-corrected chi connectivity index (χ0v) is 10.9. The van der Waals surface area contributed by atoms with Crippen LogP contribution < -0.4 is 4.74 Å². The van der Waals surface area contributed by atoms with Gasteiger partial charge in [0.25, 0.3) is 0 Å². The smallest absolute Gasteiger partial charge is 0.167 e. The quantitative estimate of drug-likeness (QED) is 0.841. The van der Waals surface area contributed by atoms with Crippen molar-refractivity contribution in [3.05, 3.63) is 46.2 Å². The summed E-state index contributed by atoms with van der Waals surface area (Å²) in [6.45, 7) is 1.90. The van der Waals surface area contributed by atoms with Crippen molar-refractivity contribution in [2.24, 2.45) is 0 Å². The lowest BCUT2D eigenvalue weighted by Crippen LogP contribution is -2.05. The lowest BCUT2D eigenvalue weighted by atomic mass is 10.1. The van der Waals surface area contributed by atoms with Crippen molar-refractivity contribution in [1.29, 1.82) is 0 Å². The summed E-state index contributed by atoms with van der Waals surface area (Å²) in [5.74, 6) is 0.215. The molecular weight excluding hydrogens is 248 g/mol. The molecule has 2 rings (SSSR count). The van der Waals surface area contributed by atoms with Gasteiger partial charge in [0.15, 0.2) is 5.78 Å². The second-order valence-corrected chi connectivity index (χ2v) is 4.72. The Morgan fingerprint density at radius 3 is 2.89 bits per heavy atom. The molecule has 94 valence electrons. The van der Waals surface area contributed by atoms with Gasteiger partial charge < -0.3 is 9.84 Å². The number of benzene rings is 1. The molecule has 0 spiro atoms. The number of ether oxygens (including phenoxy) is 1. The van der Waals surface area contributed by atoms with Crippen LogP contribution in [-0.4, -0.2) is 17.5 Å². The van der Waals surface area contributed by atoms with Crippen molar-refractivity contribution >= 4 is 17.1 Å². The van der Waals surface area contributed by atoms with Gasteiger partial charge >= 0.3 is 0 Å². The van der Waals surface area contributed by atoms with E-state index in [9.17, 15) is 9.90 Å². The standard InChI is InChI=1S/C14H14O3S/c1-10(15)14-12(16)3-2-4-13(14)17-7-5-11-6-8-18-9-11/h2-4,6,8-9,16H,5,7H2,1H3. The van der Waals surface area contributed by atoms with Crippen LogP contribution in [0.5, 0.6) is 11.5 Å². The normalized spacial score (nSPS) is 10.3. The number of Topliss-reactive ketones (excluding diaryl/α,β-unsaturated/α-hetero) is 1. The predicted octanol–water partition coefficient (Wildman–Crippen LogP) is 3.28. The fourth-order valence-electron chi connectivity index (χ4n) is 1.71. The summed E-state index contributed by atoms with van der Waals surface area (Å²) >= 11 is 1.65. The Morgan fingerprint density at radius 1 is 1.39 bits per heavy atom. The number of carbonyl (C=O) groups is 1. The summed E-state index contributed by atoms with van der Waals surface area (Å²) in [6.07, 6.45) is 0.788. The Bertz CT molecular complexity index is 532. The zero-order chi connectivity index (χ0) is 13.0. The Hall–Kier alpha value is -1.81. The van der Waals surface area contributed by atoms with Crippen molar-refractivity contribution in [1.82, 2.24) is 0 Å². The molecule has 0 radical (unpaired) electrons. The number of hydrogen-bond donors (Lipinski definition) is 1. The highest BCUT2D eigenvalue weighted by Crippen LogP contribution is 2.27. The van der Waals surface area contributed by atoms with Gasteiger partial charge in [0, 0.05) is 6.42 Å². The summed E-state index contributed by atoms with van der Waals surface area (Å²) in [6, 6.07) is 6.90. The summed E-state index contributed by atoms with van der Waals surface area (Å²) in [7, 11) is 0. The molecule has 3 nitrogen and oxygen atoms in total. The Morgan fingerprint density at radius 2 is 2.22 bits per heavy atom. The molecule has 18 heavy (non-hydrogen) atoms. The number of phenols is 1. The third-order valence-electron chi connectivity index (χ3n) is 2.58. The minimum absolute atomic E-state index is 0.0319. The second kappa shape index (κ2) is 5.69. The van der Waals surface area contributed by atoms with Gasteiger partial charge in [-0.3, -0.25) is 4.79 Å². The Balaban J connectivity index is 2.05. The average molecular weight is 262 g/mol. The third-order valence-corrected chi connectivity index (χ3v) is 3.32. The largest absolute Gasteiger partial charge is 0.507 e. The van der Waals surface area contributed by atoms with E-state index in [1.807, 2.05) is 11.4 Å². The molecule has 0 amide bonds. The van der Waals surface area contributed by atoms with Gasteiger partial charge in [-0.1, -0.05) is 6.07 Å². The molecule has 0 atom stereocenters. The highest BCUT2D eigenvalue weighted by Gasteiger charge is 2.13. The van der Waals surface area contributed by atoms with E-state index in [-0.39, 0.29) is 17.1 Å². The number of carbonyl (C=O) groups excluding carboxylic acids is 1. The molecule has 1 aromatic heterocycles. The zero-order valence-electron chi connectivity index (χ0n) is 10.1. The molecule has 0 unspecified atom stereocenters. The topological polar surface area (TPSA) is 46.5 Å². The molecule has 2 aromatic rings. The van der Waals surface area contributed by atoms with Crippen LogP contribution in [-0.2, 0) is 6.42 Å². The molecule has 0 bridgehead atoms. The van der Waals surface area contributed by atoms with Crippen LogP contribution in [0.25, 0.3) is 0 Å². The summed E-state index contributed by atoms with van der Waals surface area (Å²) in [5.41, 5.74) is 1.47. The summed E-state index contributed by atoms with van der Waals surface area (Å²) < 4.78 is 5.58. The lowest BCUT2D eigenvalue weighted by molar-refractivity contribution is 0.101. The second-order valence-electron chi connectivity index (χ2n) is 3.94. The molecule has 0 fully saturated rings. The van der Waals surface area contributed by atoms with Crippen LogP contribution in [0.15, 0.2) is 35.0 Å². The predicted molar refractivity (Wildman–Crippen MR) is 71.6 cm³/mol.